The summed E-state index contributed by atoms with van der Waals surface area (Å²) in [5, 5.41) is 12.1. The highest BCUT2D eigenvalue weighted by Crippen LogP contribution is 2.44. The molecule has 2 aliphatic rings. The summed E-state index contributed by atoms with van der Waals surface area (Å²) in [6.07, 6.45) is 4.88. The van der Waals surface area contributed by atoms with Gasteiger partial charge in [-0.3, -0.25) is 9.59 Å². The van der Waals surface area contributed by atoms with Crippen LogP contribution in [0.2, 0.25) is 0 Å². The fourth-order valence-electron chi connectivity index (χ4n) is 5.46. The van der Waals surface area contributed by atoms with Crippen molar-refractivity contribution in [1.29, 1.82) is 0 Å². The Morgan fingerprint density at radius 2 is 1.63 bits per heavy atom. The van der Waals surface area contributed by atoms with E-state index in [1.165, 1.54) is 11.0 Å². The largest absolute Gasteiger partial charge is 0.480 e. The number of nitrogens with one attached hydrogen (secondary N) is 1. The lowest BCUT2D eigenvalue weighted by atomic mass is 9.72. The number of amides is 2. The van der Waals surface area contributed by atoms with Gasteiger partial charge in [0.15, 0.2) is 0 Å². The number of carbonyl (C=O) groups excluding carboxylic acids is 2. The average Bonchev–Trinajstić information content (AvgIpc) is 3.19. The minimum atomic E-state index is -1.07. The minimum absolute atomic E-state index is 0.0444. The molecule has 0 aliphatic heterocycles. The number of hydrogen-bond acceptors (Lipinski definition) is 4. The molecule has 0 heterocycles. The zero-order chi connectivity index (χ0) is 24.8. The summed E-state index contributed by atoms with van der Waals surface area (Å²) in [7, 11) is 0. The summed E-state index contributed by atoms with van der Waals surface area (Å²) >= 11 is 0. The van der Waals surface area contributed by atoms with Crippen LogP contribution < -0.4 is 5.32 Å². The van der Waals surface area contributed by atoms with E-state index < -0.39 is 24.0 Å². The van der Waals surface area contributed by atoms with Crippen LogP contribution in [0.25, 0.3) is 11.1 Å². The Morgan fingerprint density at radius 1 is 1.03 bits per heavy atom. The standard InChI is InChI=1S/C28H32N2O5/c1-2-16-30(17-25(31)32)26(33)28(14-8-3-9-15-28)19-29-27(34)35-18-24-22-12-6-4-10-20(22)21-11-5-7-13-23(21)24/h2,4-7,10-13,24H,1,3,8-9,14-19H2,(H,29,34)(H,31,32). The van der Waals surface area contributed by atoms with Gasteiger partial charge in [-0.25, -0.2) is 4.79 Å². The Balaban J connectivity index is 1.42. The van der Waals surface area contributed by atoms with Crippen LogP contribution in [-0.2, 0) is 14.3 Å². The number of alkyl carbamates (subject to hydrolysis) is 1. The molecule has 2 aromatic rings. The molecule has 0 atom stereocenters. The lowest BCUT2D eigenvalue weighted by Crippen LogP contribution is -2.52. The Bertz CT molecular complexity index is 1060. The van der Waals surface area contributed by atoms with E-state index in [1.54, 1.807) is 0 Å². The van der Waals surface area contributed by atoms with Gasteiger partial charge in [0.05, 0.1) is 5.41 Å². The topological polar surface area (TPSA) is 95.9 Å². The predicted octanol–water partition coefficient (Wildman–Crippen LogP) is 4.57. The quantitative estimate of drug-likeness (QED) is 0.517. The molecule has 0 radical (unpaired) electrons. The Hall–Kier alpha value is -3.61. The molecule has 2 N–H and O–H groups in total. The Morgan fingerprint density at radius 3 is 2.20 bits per heavy atom. The maximum atomic E-state index is 13.4. The van der Waals surface area contributed by atoms with E-state index in [2.05, 4.69) is 36.2 Å². The van der Waals surface area contributed by atoms with E-state index in [9.17, 15) is 19.5 Å². The molecule has 1 fully saturated rings. The van der Waals surface area contributed by atoms with Crippen molar-refractivity contribution in [3.05, 3.63) is 72.3 Å². The van der Waals surface area contributed by atoms with Gasteiger partial charge in [-0.1, -0.05) is 73.9 Å². The van der Waals surface area contributed by atoms with Crippen LogP contribution in [0.3, 0.4) is 0 Å². The summed E-state index contributed by atoms with van der Waals surface area (Å²) in [6.45, 7) is 3.73. The second-order valence-corrected chi connectivity index (χ2v) is 9.39. The molecule has 0 spiro atoms. The smallest absolute Gasteiger partial charge is 0.407 e. The summed E-state index contributed by atoms with van der Waals surface area (Å²) in [5.74, 6) is -1.37. The third-order valence-corrected chi connectivity index (χ3v) is 7.14. The second-order valence-electron chi connectivity index (χ2n) is 9.39. The molecule has 184 valence electrons. The number of rotatable bonds is 9. The highest BCUT2D eigenvalue weighted by Gasteiger charge is 2.42. The van der Waals surface area contributed by atoms with Crippen LogP contribution in [-0.4, -0.2) is 54.2 Å². The molecule has 0 unspecified atom stereocenters. The number of hydrogen-bond donors (Lipinski definition) is 2. The van der Waals surface area contributed by atoms with Crippen LogP contribution in [0.15, 0.2) is 61.2 Å². The molecule has 2 aliphatic carbocycles. The fraction of sp³-hybridized carbons (Fsp3) is 0.393. The third-order valence-electron chi connectivity index (χ3n) is 7.14. The first-order valence-electron chi connectivity index (χ1n) is 12.2. The van der Waals surface area contributed by atoms with E-state index >= 15 is 0 Å². The van der Waals surface area contributed by atoms with Crippen molar-refractivity contribution in [3.63, 3.8) is 0 Å². The van der Waals surface area contributed by atoms with Crippen LogP contribution in [0.5, 0.6) is 0 Å². The summed E-state index contributed by atoms with van der Waals surface area (Å²) in [6, 6.07) is 16.3. The molecular formula is C28H32N2O5. The van der Waals surface area contributed by atoms with Crippen LogP contribution in [0, 0.1) is 5.41 Å². The van der Waals surface area contributed by atoms with Crippen molar-refractivity contribution in [1.82, 2.24) is 10.2 Å². The molecule has 35 heavy (non-hydrogen) atoms. The van der Waals surface area contributed by atoms with Crippen molar-refractivity contribution >= 4 is 18.0 Å². The van der Waals surface area contributed by atoms with E-state index in [1.807, 2.05) is 24.3 Å². The summed E-state index contributed by atoms with van der Waals surface area (Å²) in [4.78, 5) is 38.8. The monoisotopic (exact) mass is 476 g/mol. The predicted molar refractivity (Wildman–Crippen MR) is 133 cm³/mol. The highest BCUT2D eigenvalue weighted by atomic mass is 16.5. The van der Waals surface area contributed by atoms with E-state index in [0.717, 1.165) is 41.5 Å². The molecule has 7 heteroatoms. The van der Waals surface area contributed by atoms with E-state index in [0.29, 0.717) is 12.8 Å². The van der Waals surface area contributed by atoms with Crippen LogP contribution in [0.1, 0.15) is 49.1 Å². The van der Waals surface area contributed by atoms with Crippen LogP contribution >= 0.6 is 0 Å². The van der Waals surface area contributed by atoms with Gasteiger partial charge in [-0.15, -0.1) is 6.58 Å². The van der Waals surface area contributed by atoms with Gasteiger partial charge in [0.25, 0.3) is 0 Å². The zero-order valence-electron chi connectivity index (χ0n) is 19.9. The first kappa shape index (κ1) is 24.5. The van der Waals surface area contributed by atoms with Crippen molar-refractivity contribution < 1.29 is 24.2 Å². The fourth-order valence-corrected chi connectivity index (χ4v) is 5.46. The summed E-state index contributed by atoms with van der Waals surface area (Å²) < 4.78 is 5.64. The van der Waals surface area contributed by atoms with Gasteiger partial charge in [-0.2, -0.15) is 0 Å². The van der Waals surface area contributed by atoms with Gasteiger partial charge in [0.1, 0.15) is 13.2 Å². The first-order chi connectivity index (χ1) is 16.9. The molecule has 2 aromatic carbocycles. The number of carbonyl (C=O) groups is 3. The summed E-state index contributed by atoms with van der Waals surface area (Å²) in [5.41, 5.74) is 3.75. The van der Waals surface area contributed by atoms with Gasteiger partial charge in [0.2, 0.25) is 5.91 Å². The lowest BCUT2D eigenvalue weighted by molar-refractivity contribution is -0.150. The van der Waals surface area contributed by atoms with E-state index in [-0.39, 0.29) is 31.5 Å². The van der Waals surface area contributed by atoms with Crippen molar-refractivity contribution in [2.24, 2.45) is 5.41 Å². The number of aliphatic carboxylic acids is 1. The maximum Gasteiger partial charge on any atom is 0.407 e. The second kappa shape index (κ2) is 10.8. The number of fused-ring (bicyclic) bond motifs is 3. The highest BCUT2D eigenvalue weighted by molar-refractivity contribution is 5.87. The molecule has 0 aromatic heterocycles. The molecule has 1 saturated carbocycles. The molecule has 4 rings (SSSR count). The molecule has 0 saturated heterocycles. The lowest BCUT2D eigenvalue weighted by Gasteiger charge is -2.39. The number of benzene rings is 2. The Labute approximate surface area is 205 Å². The van der Waals surface area contributed by atoms with E-state index in [4.69, 9.17) is 4.74 Å². The zero-order valence-corrected chi connectivity index (χ0v) is 19.9. The molecular weight excluding hydrogens is 444 g/mol. The van der Waals surface area contributed by atoms with Gasteiger partial charge in [0, 0.05) is 19.0 Å². The van der Waals surface area contributed by atoms with Crippen molar-refractivity contribution in [3.8, 4) is 11.1 Å². The van der Waals surface area contributed by atoms with Gasteiger partial charge >= 0.3 is 12.1 Å². The number of ether oxygens (including phenoxy) is 1. The van der Waals surface area contributed by atoms with Crippen LogP contribution in [0.4, 0.5) is 4.79 Å². The maximum absolute atomic E-state index is 13.4. The number of carboxylic acid groups (broad SMARTS) is 1. The molecule has 7 nitrogen and oxygen atoms in total. The van der Waals surface area contributed by atoms with Crippen molar-refractivity contribution in [2.75, 3.05) is 26.2 Å². The molecule has 2 amide bonds. The minimum Gasteiger partial charge on any atom is -0.480 e. The van der Waals surface area contributed by atoms with Gasteiger partial charge < -0.3 is 20.1 Å². The van der Waals surface area contributed by atoms with Gasteiger partial charge in [-0.05, 0) is 35.1 Å². The Kier molecular flexibility index (Phi) is 7.54. The normalized spacial score (nSPS) is 16.0. The number of nitrogens with zero attached hydrogens (tertiary/aromatic N) is 1. The SMILES string of the molecule is C=CCN(CC(=O)O)C(=O)C1(CNC(=O)OCC2c3ccccc3-c3ccccc32)CCCCC1. The average molecular weight is 477 g/mol. The third kappa shape index (κ3) is 5.24. The first-order valence-corrected chi connectivity index (χ1v) is 12.2. The van der Waals surface area contributed by atoms with Crippen molar-refractivity contribution in [2.45, 2.75) is 38.0 Å². The molecule has 0 bridgehead atoms. The number of carboxylic acids is 1.